The molecule has 37 heavy (non-hydrogen) atoms. The van der Waals surface area contributed by atoms with E-state index in [9.17, 15) is 22.4 Å². The van der Waals surface area contributed by atoms with Gasteiger partial charge in [0.2, 0.25) is 0 Å². The Morgan fingerprint density at radius 2 is 1.65 bits per heavy atom. The monoisotopic (exact) mass is 509 g/mol. The number of carbonyl (C=O) groups is 1. The average Bonchev–Trinajstić information content (AvgIpc) is 3.20. The van der Waals surface area contributed by atoms with Crippen LogP contribution in [-0.2, 0) is 15.7 Å². The van der Waals surface area contributed by atoms with E-state index in [1.54, 1.807) is 11.0 Å². The second-order valence-corrected chi connectivity index (χ2v) is 9.56. The summed E-state index contributed by atoms with van der Waals surface area (Å²) in [5.74, 6) is -1.39. The molecule has 0 N–H and O–H groups in total. The van der Waals surface area contributed by atoms with Gasteiger partial charge in [0.1, 0.15) is 12.4 Å². The number of ether oxygens (including phenoxy) is 2. The van der Waals surface area contributed by atoms with Crippen LogP contribution in [0.4, 0.5) is 22.4 Å². The van der Waals surface area contributed by atoms with E-state index in [4.69, 9.17) is 9.47 Å². The van der Waals surface area contributed by atoms with Gasteiger partial charge in [-0.25, -0.2) is 9.18 Å². The number of morpholine rings is 1. The molecule has 2 heterocycles. The second kappa shape index (κ2) is 9.03. The van der Waals surface area contributed by atoms with Gasteiger partial charge in [0, 0.05) is 5.92 Å². The maximum atomic E-state index is 13.8. The number of benzene rings is 3. The van der Waals surface area contributed by atoms with Crippen molar-refractivity contribution in [3.8, 4) is 11.1 Å². The van der Waals surface area contributed by atoms with Crippen LogP contribution >= 0.6 is 0 Å². The number of halogens is 4. The smallest absolute Gasteiger partial charge is 0.419 e. The van der Waals surface area contributed by atoms with Gasteiger partial charge in [-0.15, -0.1) is 0 Å². The average molecular weight is 509 g/mol. The molecule has 0 saturated carbocycles. The highest BCUT2D eigenvalue weighted by Crippen LogP contribution is 2.45. The minimum Gasteiger partial charge on any atom is -0.448 e. The molecule has 0 aromatic heterocycles. The van der Waals surface area contributed by atoms with Crippen molar-refractivity contribution in [2.75, 3.05) is 19.8 Å². The largest absolute Gasteiger partial charge is 0.448 e. The van der Waals surface area contributed by atoms with Gasteiger partial charge in [0.25, 0.3) is 0 Å². The summed E-state index contributed by atoms with van der Waals surface area (Å²) in [6.45, 7) is 0.621. The Morgan fingerprint density at radius 3 is 2.30 bits per heavy atom. The Morgan fingerprint density at radius 1 is 0.973 bits per heavy atom. The SMILES string of the molecule is O=C(OCC1c2ccccc2-c2ccccc21)N1C2C=C(c3ccc(F)c(C(F)(F)F)c3)CC1COC2. The summed E-state index contributed by atoms with van der Waals surface area (Å²) in [6.07, 6.45) is -3.26. The minimum absolute atomic E-state index is 0.0802. The van der Waals surface area contributed by atoms with E-state index in [-0.39, 0.29) is 37.7 Å². The van der Waals surface area contributed by atoms with E-state index in [0.717, 1.165) is 34.4 Å². The second-order valence-electron chi connectivity index (χ2n) is 9.56. The highest BCUT2D eigenvalue weighted by Gasteiger charge is 2.41. The third kappa shape index (κ3) is 4.19. The van der Waals surface area contributed by atoms with Crippen molar-refractivity contribution in [2.24, 2.45) is 0 Å². The van der Waals surface area contributed by atoms with Crippen molar-refractivity contribution in [2.45, 2.75) is 30.6 Å². The van der Waals surface area contributed by atoms with Crippen LogP contribution in [0, 0.1) is 5.82 Å². The summed E-state index contributed by atoms with van der Waals surface area (Å²) in [5, 5.41) is 0. The fraction of sp³-hybridized carbons (Fsp3) is 0.276. The highest BCUT2D eigenvalue weighted by molar-refractivity contribution is 5.79. The number of amides is 1. The first-order valence-corrected chi connectivity index (χ1v) is 12.1. The molecule has 6 rings (SSSR count). The van der Waals surface area contributed by atoms with Crippen LogP contribution in [0.1, 0.15) is 34.6 Å². The van der Waals surface area contributed by atoms with Crippen LogP contribution in [-0.4, -0.2) is 42.9 Å². The molecule has 1 amide bonds. The highest BCUT2D eigenvalue weighted by atomic mass is 19.4. The summed E-state index contributed by atoms with van der Waals surface area (Å²) in [4.78, 5) is 14.9. The number of alkyl halides is 3. The number of carbonyl (C=O) groups excluding carboxylic acids is 1. The number of nitrogens with zero attached hydrogens (tertiary/aromatic N) is 1. The Bertz CT molecular complexity index is 1350. The molecule has 2 unspecified atom stereocenters. The van der Waals surface area contributed by atoms with Crippen LogP contribution in [0.2, 0.25) is 0 Å². The quantitative estimate of drug-likeness (QED) is 0.371. The zero-order valence-electron chi connectivity index (χ0n) is 19.7. The van der Waals surface area contributed by atoms with Gasteiger partial charge in [-0.2, -0.15) is 13.2 Å². The Labute approximate surface area is 211 Å². The molecule has 8 heteroatoms. The van der Waals surface area contributed by atoms with Gasteiger partial charge in [0.15, 0.2) is 0 Å². The molecule has 3 aliphatic rings. The van der Waals surface area contributed by atoms with Crippen LogP contribution in [0.25, 0.3) is 16.7 Å². The Kier molecular flexibility index (Phi) is 5.79. The molecule has 1 aliphatic carbocycles. The van der Waals surface area contributed by atoms with Crippen molar-refractivity contribution in [1.29, 1.82) is 0 Å². The van der Waals surface area contributed by atoms with E-state index in [1.807, 2.05) is 36.4 Å². The minimum atomic E-state index is -4.79. The molecular weight excluding hydrogens is 486 g/mol. The molecular formula is C29H23F4NO3. The molecule has 1 fully saturated rings. The summed E-state index contributed by atoms with van der Waals surface area (Å²) < 4.78 is 65.0. The fourth-order valence-corrected chi connectivity index (χ4v) is 5.71. The Balaban J connectivity index is 1.22. The first-order valence-electron chi connectivity index (χ1n) is 12.1. The maximum absolute atomic E-state index is 13.8. The summed E-state index contributed by atoms with van der Waals surface area (Å²) in [6, 6.07) is 18.3. The third-order valence-corrected chi connectivity index (χ3v) is 7.39. The topological polar surface area (TPSA) is 38.8 Å². The van der Waals surface area contributed by atoms with Crippen molar-refractivity contribution >= 4 is 11.7 Å². The summed E-state index contributed by atoms with van der Waals surface area (Å²) in [7, 11) is 0. The number of fused-ring (bicyclic) bond motifs is 5. The molecule has 4 nitrogen and oxygen atoms in total. The standard InChI is InChI=1S/C29H23F4NO3/c30-27-10-9-17(13-26(27)29(31,32)33)18-11-19-14-36-15-20(12-18)34(19)28(35)37-16-25-23-7-3-1-5-21(23)22-6-2-4-8-24(22)25/h1-11,13,19-20,25H,12,14-16H2. The molecule has 2 aliphatic heterocycles. The van der Waals surface area contributed by atoms with E-state index >= 15 is 0 Å². The fourth-order valence-electron chi connectivity index (χ4n) is 5.71. The van der Waals surface area contributed by atoms with Crippen molar-refractivity contribution in [3.05, 3.63) is 101 Å². The molecule has 3 aromatic rings. The predicted octanol–water partition coefficient (Wildman–Crippen LogP) is 6.65. The van der Waals surface area contributed by atoms with Crippen LogP contribution in [0.5, 0.6) is 0 Å². The molecule has 3 aromatic carbocycles. The lowest BCUT2D eigenvalue weighted by atomic mass is 9.89. The van der Waals surface area contributed by atoms with Gasteiger partial charge in [-0.1, -0.05) is 60.7 Å². The van der Waals surface area contributed by atoms with Crippen LogP contribution in [0.15, 0.2) is 72.8 Å². The predicted molar refractivity (Wildman–Crippen MR) is 129 cm³/mol. The summed E-state index contributed by atoms with van der Waals surface area (Å²) in [5.41, 5.74) is 4.10. The number of hydrogen-bond acceptors (Lipinski definition) is 3. The molecule has 0 radical (unpaired) electrons. The number of rotatable bonds is 3. The normalized spacial score (nSPS) is 20.8. The Hall–Kier alpha value is -3.65. The third-order valence-electron chi connectivity index (χ3n) is 7.39. The lowest BCUT2D eigenvalue weighted by molar-refractivity contribution is -0.140. The van der Waals surface area contributed by atoms with Gasteiger partial charge in [-0.05, 0) is 51.9 Å². The van der Waals surface area contributed by atoms with Gasteiger partial charge < -0.3 is 9.47 Å². The molecule has 2 bridgehead atoms. The first-order chi connectivity index (χ1) is 17.8. The maximum Gasteiger partial charge on any atom is 0.419 e. The van der Waals surface area contributed by atoms with E-state index in [0.29, 0.717) is 5.57 Å². The van der Waals surface area contributed by atoms with E-state index < -0.39 is 35.7 Å². The zero-order chi connectivity index (χ0) is 25.7. The molecule has 190 valence electrons. The van der Waals surface area contributed by atoms with Crippen molar-refractivity contribution in [1.82, 2.24) is 4.90 Å². The van der Waals surface area contributed by atoms with Gasteiger partial charge >= 0.3 is 12.3 Å². The van der Waals surface area contributed by atoms with Crippen LogP contribution in [0.3, 0.4) is 0 Å². The zero-order valence-corrected chi connectivity index (χ0v) is 19.7. The van der Waals surface area contributed by atoms with Crippen molar-refractivity contribution in [3.63, 3.8) is 0 Å². The van der Waals surface area contributed by atoms with E-state index in [1.165, 1.54) is 6.07 Å². The van der Waals surface area contributed by atoms with Crippen molar-refractivity contribution < 1.29 is 31.8 Å². The van der Waals surface area contributed by atoms with Crippen LogP contribution < -0.4 is 0 Å². The first kappa shape index (κ1) is 23.7. The molecule has 0 spiro atoms. The van der Waals surface area contributed by atoms with Gasteiger partial charge in [-0.3, -0.25) is 4.90 Å². The lowest BCUT2D eigenvalue weighted by Crippen LogP contribution is -2.56. The molecule has 1 saturated heterocycles. The summed E-state index contributed by atoms with van der Waals surface area (Å²) >= 11 is 0. The molecule has 2 atom stereocenters. The lowest BCUT2D eigenvalue weighted by Gasteiger charge is -2.44. The van der Waals surface area contributed by atoms with Gasteiger partial charge in [0.05, 0.1) is 30.9 Å². The van der Waals surface area contributed by atoms with E-state index in [2.05, 4.69) is 12.1 Å². The number of hydrogen-bond donors (Lipinski definition) is 0.